The van der Waals surface area contributed by atoms with Crippen molar-refractivity contribution in [2.45, 2.75) is 39.7 Å². The lowest BCUT2D eigenvalue weighted by atomic mass is 10.0. The van der Waals surface area contributed by atoms with Gasteiger partial charge in [0.1, 0.15) is 5.01 Å². The highest BCUT2D eigenvalue weighted by Gasteiger charge is 2.29. The van der Waals surface area contributed by atoms with Gasteiger partial charge in [0.15, 0.2) is 0 Å². The second kappa shape index (κ2) is 6.22. The minimum atomic E-state index is -0.468. The van der Waals surface area contributed by atoms with Gasteiger partial charge in [-0.2, -0.15) is 0 Å². The van der Waals surface area contributed by atoms with Crippen molar-refractivity contribution in [3.8, 4) is 0 Å². The van der Waals surface area contributed by atoms with Crippen molar-refractivity contribution in [1.82, 2.24) is 15.3 Å². The standard InChI is InChI=1S/C15H20N4OS/c1-5-15(4,13-17-11(3)9-21-13)19-14(20)18-12-6-7-16-8-10(12)2/h6-9H,5H2,1-4H3,(H2,16,18,19,20). The zero-order valence-corrected chi connectivity index (χ0v) is 13.5. The highest BCUT2D eigenvalue weighted by molar-refractivity contribution is 7.09. The number of anilines is 1. The van der Waals surface area contributed by atoms with E-state index in [0.29, 0.717) is 0 Å². The van der Waals surface area contributed by atoms with Crippen LogP contribution in [0.1, 0.15) is 36.5 Å². The fourth-order valence-corrected chi connectivity index (χ4v) is 2.91. The molecule has 1 atom stereocenters. The first-order chi connectivity index (χ1) is 9.94. The Morgan fingerprint density at radius 3 is 2.76 bits per heavy atom. The summed E-state index contributed by atoms with van der Waals surface area (Å²) in [5.74, 6) is 0. The molecule has 0 radical (unpaired) electrons. The maximum absolute atomic E-state index is 12.3. The summed E-state index contributed by atoms with van der Waals surface area (Å²) in [6, 6.07) is 1.55. The maximum Gasteiger partial charge on any atom is 0.320 e. The zero-order chi connectivity index (χ0) is 15.5. The predicted molar refractivity (Wildman–Crippen MR) is 85.6 cm³/mol. The Labute approximate surface area is 128 Å². The second-order valence-corrected chi connectivity index (χ2v) is 6.11. The van der Waals surface area contributed by atoms with E-state index in [-0.39, 0.29) is 6.03 Å². The van der Waals surface area contributed by atoms with Crippen LogP contribution in [0.5, 0.6) is 0 Å². The highest BCUT2D eigenvalue weighted by Crippen LogP contribution is 2.27. The van der Waals surface area contributed by atoms with Gasteiger partial charge in [-0.3, -0.25) is 4.98 Å². The van der Waals surface area contributed by atoms with Crippen LogP contribution in [0.2, 0.25) is 0 Å². The normalized spacial score (nSPS) is 13.5. The summed E-state index contributed by atoms with van der Waals surface area (Å²) < 4.78 is 0. The van der Waals surface area contributed by atoms with Crippen molar-refractivity contribution in [2.24, 2.45) is 0 Å². The number of hydrogen-bond donors (Lipinski definition) is 2. The molecule has 21 heavy (non-hydrogen) atoms. The van der Waals surface area contributed by atoms with E-state index in [0.717, 1.165) is 28.4 Å². The Bertz CT molecular complexity index is 640. The third-order valence-corrected chi connectivity index (χ3v) is 4.68. The fourth-order valence-electron chi connectivity index (χ4n) is 1.92. The molecular formula is C15H20N4OS. The maximum atomic E-state index is 12.3. The second-order valence-electron chi connectivity index (χ2n) is 5.25. The van der Waals surface area contributed by atoms with Crippen molar-refractivity contribution in [3.63, 3.8) is 0 Å². The monoisotopic (exact) mass is 304 g/mol. The summed E-state index contributed by atoms with van der Waals surface area (Å²) >= 11 is 1.57. The van der Waals surface area contributed by atoms with Crippen LogP contribution in [0, 0.1) is 13.8 Å². The van der Waals surface area contributed by atoms with E-state index in [1.807, 2.05) is 33.1 Å². The van der Waals surface area contributed by atoms with Gasteiger partial charge >= 0.3 is 6.03 Å². The van der Waals surface area contributed by atoms with Crippen molar-refractivity contribution in [3.05, 3.63) is 40.1 Å². The molecule has 0 aliphatic rings. The predicted octanol–water partition coefficient (Wildman–Crippen LogP) is 3.60. The molecule has 2 aromatic heterocycles. The lowest BCUT2D eigenvalue weighted by molar-refractivity contribution is 0.237. The lowest BCUT2D eigenvalue weighted by Gasteiger charge is -2.27. The number of nitrogens with zero attached hydrogens (tertiary/aromatic N) is 2. The first-order valence-electron chi connectivity index (χ1n) is 6.87. The number of aromatic nitrogens is 2. The molecule has 0 aliphatic carbocycles. The molecular weight excluding hydrogens is 284 g/mol. The number of carbonyl (C=O) groups is 1. The smallest absolute Gasteiger partial charge is 0.320 e. The highest BCUT2D eigenvalue weighted by atomic mass is 32.1. The average molecular weight is 304 g/mol. The molecule has 2 amide bonds. The van der Waals surface area contributed by atoms with Gasteiger partial charge in [-0.25, -0.2) is 9.78 Å². The molecule has 6 heteroatoms. The van der Waals surface area contributed by atoms with Gasteiger partial charge in [0.2, 0.25) is 0 Å². The zero-order valence-electron chi connectivity index (χ0n) is 12.7. The molecule has 5 nitrogen and oxygen atoms in total. The third-order valence-electron chi connectivity index (χ3n) is 3.46. The SMILES string of the molecule is CCC(C)(NC(=O)Nc1ccncc1C)c1nc(C)cs1. The van der Waals surface area contributed by atoms with Gasteiger partial charge in [0, 0.05) is 29.2 Å². The van der Waals surface area contributed by atoms with Gasteiger partial charge in [-0.1, -0.05) is 6.92 Å². The number of pyridine rings is 1. The number of carbonyl (C=O) groups excluding carboxylic acids is 1. The van der Waals surface area contributed by atoms with Gasteiger partial charge < -0.3 is 10.6 Å². The molecule has 1 unspecified atom stereocenters. The minimum Gasteiger partial charge on any atom is -0.326 e. The van der Waals surface area contributed by atoms with Crippen LogP contribution in [0.15, 0.2) is 23.8 Å². The summed E-state index contributed by atoms with van der Waals surface area (Å²) in [4.78, 5) is 20.8. The van der Waals surface area contributed by atoms with Crippen LogP contribution in [-0.4, -0.2) is 16.0 Å². The molecule has 0 bridgehead atoms. The Hall–Kier alpha value is -1.95. The summed E-state index contributed by atoms with van der Waals surface area (Å²) in [5, 5.41) is 8.81. The number of nitrogens with one attached hydrogen (secondary N) is 2. The molecule has 0 fully saturated rings. The molecule has 0 aliphatic heterocycles. The molecule has 0 saturated carbocycles. The van der Waals surface area contributed by atoms with E-state index in [1.165, 1.54) is 0 Å². The van der Waals surface area contributed by atoms with Crippen LogP contribution in [0.25, 0.3) is 0 Å². The first-order valence-corrected chi connectivity index (χ1v) is 7.75. The minimum absolute atomic E-state index is 0.235. The number of amides is 2. The van der Waals surface area contributed by atoms with Gasteiger partial charge in [0.25, 0.3) is 0 Å². The summed E-state index contributed by atoms with van der Waals surface area (Å²) in [7, 11) is 0. The summed E-state index contributed by atoms with van der Waals surface area (Å²) in [5.41, 5.74) is 2.19. The van der Waals surface area contributed by atoms with E-state index in [9.17, 15) is 4.79 Å². The average Bonchev–Trinajstić information content (AvgIpc) is 2.88. The molecule has 2 N–H and O–H groups in total. The fraction of sp³-hybridized carbons (Fsp3) is 0.400. The van der Waals surface area contributed by atoms with E-state index < -0.39 is 5.54 Å². The lowest BCUT2D eigenvalue weighted by Crippen LogP contribution is -2.45. The van der Waals surface area contributed by atoms with Crippen molar-refractivity contribution in [2.75, 3.05) is 5.32 Å². The van der Waals surface area contributed by atoms with Crippen molar-refractivity contribution in [1.29, 1.82) is 0 Å². The summed E-state index contributed by atoms with van der Waals surface area (Å²) in [6.45, 7) is 7.89. The molecule has 112 valence electrons. The van der Waals surface area contributed by atoms with Crippen LogP contribution in [0.4, 0.5) is 10.5 Å². The van der Waals surface area contributed by atoms with Crippen molar-refractivity contribution >= 4 is 23.1 Å². The molecule has 2 heterocycles. The van der Waals surface area contributed by atoms with Gasteiger partial charge in [-0.15, -0.1) is 11.3 Å². The molecule has 2 rings (SSSR count). The van der Waals surface area contributed by atoms with Crippen LogP contribution in [0.3, 0.4) is 0 Å². The van der Waals surface area contributed by atoms with Gasteiger partial charge in [0.05, 0.1) is 5.54 Å². The number of thiazole rings is 1. The van der Waals surface area contributed by atoms with E-state index in [1.54, 1.807) is 29.8 Å². The molecule has 0 aromatic carbocycles. The third kappa shape index (κ3) is 3.58. The Morgan fingerprint density at radius 1 is 1.43 bits per heavy atom. The van der Waals surface area contributed by atoms with E-state index in [2.05, 4.69) is 20.6 Å². The molecule has 0 saturated heterocycles. The first kappa shape index (κ1) is 15.4. The van der Waals surface area contributed by atoms with Crippen molar-refractivity contribution < 1.29 is 4.79 Å². The van der Waals surface area contributed by atoms with Crippen LogP contribution >= 0.6 is 11.3 Å². The van der Waals surface area contributed by atoms with Gasteiger partial charge in [-0.05, 0) is 38.8 Å². The number of urea groups is 1. The number of aryl methyl sites for hydroxylation is 2. The molecule has 0 spiro atoms. The van der Waals surface area contributed by atoms with Crippen LogP contribution in [-0.2, 0) is 5.54 Å². The van der Waals surface area contributed by atoms with Crippen LogP contribution < -0.4 is 10.6 Å². The quantitative estimate of drug-likeness (QED) is 0.907. The Kier molecular flexibility index (Phi) is 4.57. The number of rotatable bonds is 4. The number of hydrogen-bond acceptors (Lipinski definition) is 4. The van der Waals surface area contributed by atoms with E-state index >= 15 is 0 Å². The topological polar surface area (TPSA) is 66.9 Å². The summed E-state index contributed by atoms with van der Waals surface area (Å²) in [6.07, 6.45) is 4.15. The molecule has 2 aromatic rings. The van der Waals surface area contributed by atoms with E-state index in [4.69, 9.17) is 0 Å². The Balaban J connectivity index is 2.12. The largest absolute Gasteiger partial charge is 0.326 e. The Morgan fingerprint density at radius 2 is 2.19 bits per heavy atom.